The first kappa shape index (κ1) is 18.2. The minimum Gasteiger partial charge on any atom is -0.370 e. The molecule has 0 spiro atoms. The summed E-state index contributed by atoms with van der Waals surface area (Å²) in [5.41, 5.74) is 8.14. The van der Waals surface area contributed by atoms with Crippen LogP contribution in [0.25, 0.3) is 0 Å². The lowest BCUT2D eigenvalue weighted by molar-refractivity contribution is 0.166. The van der Waals surface area contributed by atoms with E-state index in [1.54, 1.807) is 0 Å². The van der Waals surface area contributed by atoms with Gasteiger partial charge in [-0.05, 0) is 45.4 Å². The third-order valence-electron chi connectivity index (χ3n) is 3.93. The maximum atomic E-state index is 5.91. The molecule has 5 heteroatoms. The summed E-state index contributed by atoms with van der Waals surface area (Å²) in [6.45, 7) is 7.33. The van der Waals surface area contributed by atoms with Crippen molar-refractivity contribution in [3.63, 3.8) is 0 Å². The quantitative estimate of drug-likeness (QED) is 0.462. The van der Waals surface area contributed by atoms with Gasteiger partial charge in [-0.2, -0.15) is 0 Å². The summed E-state index contributed by atoms with van der Waals surface area (Å²) in [6, 6.07) is 8.84. The molecular weight excluding hydrogens is 375 g/mol. The molecule has 0 bridgehead atoms. The van der Waals surface area contributed by atoms with Crippen molar-refractivity contribution in [1.82, 2.24) is 4.90 Å². The van der Waals surface area contributed by atoms with Gasteiger partial charge in [0.25, 0.3) is 0 Å². The number of likely N-dealkylation sites (tertiary alicyclic amines) is 1. The standard InChI is InChI=1S/C16H26N4.HI/c1-13-6-8-15(9-7-13)19-16(17)18-10-12-20-11-4-3-5-14(20)2;/h6-9,14H,3-5,10-12H2,1-2H3,(H3,17,18,19);1H. The number of guanidine groups is 1. The SMILES string of the molecule is Cc1ccc(NC(N)=NCCN2CCCCC2C)cc1.I. The average Bonchev–Trinajstić information content (AvgIpc) is 2.43. The van der Waals surface area contributed by atoms with Crippen LogP contribution in [0.1, 0.15) is 31.7 Å². The van der Waals surface area contributed by atoms with E-state index in [0.29, 0.717) is 12.0 Å². The first-order chi connectivity index (χ1) is 9.65. The van der Waals surface area contributed by atoms with Crippen molar-refractivity contribution in [3.8, 4) is 0 Å². The molecule has 1 aliphatic heterocycles. The van der Waals surface area contributed by atoms with E-state index in [1.807, 2.05) is 12.1 Å². The molecule has 1 saturated heterocycles. The van der Waals surface area contributed by atoms with Gasteiger partial charge in [0.05, 0.1) is 6.54 Å². The van der Waals surface area contributed by atoms with Gasteiger partial charge in [-0.15, -0.1) is 24.0 Å². The zero-order chi connectivity index (χ0) is 14.4. The van der Waals surface area contributed by atoms with E-state index in [-0.39, 0.29) is 24.0 Å². The van der Waals surface area contributed by atoms with Crippen LogP contribution < -0.4 is 11.1 Å². The Bertz CT molecular complexity index is 444. The van der Waals surface area contributed by atoms with Gasteiger partial charge in [0, 0.05) is 18.3 Å². The monoisotopic (exact) mass is 402 g/mol. The molecule has 1 atom stereocenters. The molecule has 1 aliphatic rings. The van der Waals surface area contributed by atoms with E-state index >= 15 is 0 Å². The molecule has 1 aromatic rings. The molecular formula is C16H27IN4. The molecule has 0 radical (unpaired) electrons. The van der Waals surface area contributed by atoms with Gasteiger partial charge in [0.2, 0.25) is 0 Å². The minimum absolute atomic E-state index is 0. The lowest BCUT2D eigenvalue weighted by Crippen LogP contribution is -2.39. The molecule has 1 heterocycles. The summed E-state index contributed by atoms with van der Waals surface area (Å²) in [4.78, 5) is 6.92. The lowest BCUT2D eigenvalue weighted by atomic mass is 10.0. The number of nitrogens with two attached hydrogens (primary N) is 1. The zero-order valence-corrected chi connectivity index (χ0v) is 15.3. The van der Waals surface area contributed by atoms with Crippen molar-refractivity contribution in [2.24, 2.45) is 10.7 Å². The highest BCUT2D eigenvalue weighted by atomic mass is 127. The van der Waals surface area contributed by atoms with Crippen LogP contribution in [0.3, 0.4) is 0 Å². The first-order valence-corrected chi connectivity index (χ1v) is 7.53. The van der Waals surface area contributed by atoms with Gasteiger partial charge >= 0.3 is 0 Å². The number of hydrogen-bond donors (Lipinski definition) is 2. The topological polar surface area (TPSA) is 53.6 Å². The zero-order valence-electron chi connectivity index (χ0n) is 13.0. The molecule has 0 saturated carbocycles. The van der Waals surface area contributed by atoms with Crippen molar-refractivity contribution in [2.45, 2.75) is 39.2 Å². The van der Waals surface area contributed by atoms with Crippen molar-refractivity contribution >= 4 is 35.6 Å². The fraction of sp³-hybridized carbons (Fsp3) is 0.562. The van der Waals surface area contributed by atoms with Crippen LogP contribution >= 0.6 is 24.0 Å². The fourth-order valence-electron chi connectivity index (χ4n) is 2.61. The summed E-state index contributed by atoms with van der Waals surface area (Å²) in [5.74, 6) is 0.499. The molecule has 1 fully saturated rings. The maximum Gasteiger partial charge on any atom is 0.193 e. The first-order valence-electron chi connectivity index (χ1n) is 7.53. The summed E-state index contributed by atoms with van der Waals surface area (Å²) < 4.78 is 0. The second kappa shape index (κ2) is 9.25. The summed E-state index contributed by atoms with van der Waals surface area (Å²) in [6.07, 6.45) is 3.98. The average molecular weight is 402 g/mol. The Morgan fingerprint density at radius 2 is 2.05 bits per heavy atom. The van der Waals surface area contributed by atoms with Gasteiger partial charge in [-0.1, -0.05) is 24.1 Å². The fourth-order valence-corrected chi connectivity index (χ4v) is 2.61. The van der Waals surface area contributed by atoms with E-state index in [2.05, 4.69) is 41.2 Å². The minimum atomic E-state index is 0. The van der Waals surface area contributed by atoms with Gasteiger partial charge in [0.15, 0.2) is 5.96 Å². The van der Waals surface area contributed by atoms with Gasteiger partial charge < -0.3 is 11.1 Å². The van der Waals surface area contributed by atoms with Crippen LogP contribution in [0, 0.1) is 6.92 Å². The number of aliphatic imine (C=N–C) groups is 1. The van der Waals surface area contributed by atoms with E-state index in [9.17, 15) is 0 Å². The van der Waals surface area contributed by atoms with Crippen LogP contribution in [-0.2, 0) is 0 Å². The molecule has 3 N–H and O–H groups in total. The summed E-state index contributed by atoms with van der Waals surface area (Å²) in [5, 5.41) is 3.13. The van der Waals surface area contributed by atoms with Crippen LogP contribution in [0.5, 0.6) is 0 Å². The Hall–Kier alpha value is -0.820. The number of nitrogens with one attached hydrogen (secondary N) is 1. The highest BCUT2D eigenvalue weighted by Gasteiger charge is 2.16. The number of hydrogen-bond acceptors (Lipinski definition) is 2. The lowest BCUT2D eigenvalue weighted by Gasteiger charge is -2.32. The Morgan fingerprint density at radius 1 is 1.33 bits per heavy atom. The van der Waals surface area contributed by atoms with Gasteiger partial charge in [-0.25, -0.2) is 0 Å². The molecule has 2 rings (SSSR count). The molecule has 0 amide bonds. The normalized spacial score (nSPS) is 19.9. The molecule has 0 aromatic heterocycles. The molecule has 4 nitrogen and oxygen atoms in total. The number of piperidine rings is 1. The van der Waals surface area contributed by atoms with Crippen molar-refractivity contribution in [1.29, 1.82) is 0 Å². The van der Waals surface area contributed by atoms with E-state index < -0.39 is 0 Å². The number of aryl methyl sites for hydroxylation is 1. The predicted molar refractivity (Wildman–Crippen MR) is 102 cm³/mol. The number of anilines is 1. The molecule has 0 aliphatic carbocycles. The number of rotatable bonds is 4. The number of benzene rings is 1. The Morgan fingerprint density at radius 3 is 2.71 bits per heavy atom. The van der Waals surface area contributed by atoms with Crippen molar-refractivity contribution < 1.29 is 0 Å². The second-order valence-corrected chi connectivity index (χ2v) is 5.64. The van der Waals surface area contributed by atoms with E-state index in [0.717, 1.165) is 18.8 Å². The van der Waals surface area contributed by atoms with Crippen molar-refractivity contribution in [2.75, 3.05) is 25.0 Å². The Kier molecular flexibility index (Phi) is 8.03. The third kappa shape index (κ3) is 6.22. The van der Waals surface area contributed by atoms with E-state index in [1.165, 1.54) is 31.4 Å². The maximum absolute atomic E-state index is 5.91. The van der Waals surface area contributed by atoms with E-state index in [4.69, 9.17) is 5.73 Å². The number of nitrogens with zero attached hydrogens (tertiary/aromatic N) is 2. The highest BCUT2D eigenvalue weighted by molar-refractivity contribution is 14.0. The molecule has 21 heavy (non-hydrogen) atoms. The molecule has 1 aromatic carbocycles. The Balaban J connectivity index is 0.00000220. The predicted octanol–water partition coefficient (Wildman–Crippen LogP) is 3.21. The summed E-state index contributed by atoms with van der Waals surface area (Å²) in [7, 11) is 0. The van der Waals surface area contributed by atoms with Gasteiger partial charge in [0.1, 0.15) is 0 Å². The highest BCUT2D eigenvalue weighted by Crippen LogP contribution is 2.15. The smallest absolute Gasteiger partial charge is 0.193 e. The summed E-state index contributed by atoms with van der Waals surface area (Å²) >= 11 is 0. The number of halogens is 1. The Labute approximate surface area is 145 Å². The van der Waals surface area contributed by atoms with Gasteiger partial charge in [-0.3, -0.25) is 9.89 Å². The van der Waals surface area contributed by atoms with Crippen LogP contribution in [0.4, 0.5) is 5.69 Å². The van der Waals surface area contributed by atoms with Crippen LogP contribution in [0.15, 0.2) is 29.3 Å². The van der Waals surface area contributed by atoms with Crippen LogP contribution in [0.2, 0.25) is 0 Å². The molecule has 1 unspecified atom stereocenters. The largest absolute Gasteiger partial charge is 0.370 e. The molecule has 118 valence electrons. The van der Waals surface area contributed by atoms with Crippen LogP contribution in [-0.4, -0.2) is 36.5 Å². The third-order valence-corrected chi connectivity index (χ3v) is 3.93. The van der Waals surface area contributed by atoms with Crippen molar-refractivity contribution in [3.05, 3.63) is 29.8 Å². The second-order valence-electron chi connectivity index (χ2n) is 5.64.